The number of carbonyl (C=O) groups excluding carboxylic acids is 1. The van der Waals surface area contributed by atoms with Gasteiger partial charge in [-0.05, 0) is 26.0 Å². The van der Waals surface area contributed by atoms with Gasteiger partial charge in [0.05, 0.1) is 5.69 Å². The van der Waals surface area contributed by atoms with E-state index in [0.717, 1.165) is 12.1 Å². The SMILES string of the molecule is CC(C)n1cc(N)cc1C(=O)NCCc1ccnn1C. The van der Waals surface area contributed by atoms with E-state index in [1.165, 1.54) is 0 Å². The molecule has 2 heterocycles. The maximum Gasteiger partial charge on any atom is 0.268 e. The molecule has 0 atom stereocenters. The number of nitrogens with zero attached hydrogens (tertiary/aromatic N) is 3. The number of aromatic nitrogens is 3. The second kappa shape index (κ2) is 5.81. The smallest absolute Gasteiger partial charge is 0.268 e. The third-order valence-corrected chi connectivity index (χ3v) is 3.25. The van der Waals surface area contributed by atoms with Gasteiger partial charge in [-0.2, -0.15) is 5.10 Å². The number of amides is 1. The zero-order valence-corrected chi connectivity index (χ0v) is 12.1. The number of nitrogen functional groups attached to an aromatic ring is 1. The number of anilines is 1. The van der Waals surface area contributed by atoms with E-state index in [1.807, 2.05) is 31.5 Å². The van der Waals surface area contributed by atoms with Crippen LogP contribution in [0.15, 0.2) is 24.5 Å². The fraction of sp³-hybridized carbons (Fsp3) is 0.429. The average molecular weight is 275 g/mol. The molecule has 3 N–H and O–H groups in total. The monoisotopic (exact) mass is 275 g/mol. The van der Waals surface area contributed by atoms with Crippen molar-refractivity contribution in [2.75, 3.05) is 12.3 Å². The van der Waals surface area contributed by atoms with Crippen LogP contribution in [0.3, 0.4) is 0 Å². The van der Waals surface area contributed by atoms with Gasteiger partial charge in [-0.25, -0.2) is 0 Å². The van der Waals surface area contributed by atoms with Crippen LogP contribution >= 0.6 is 0 Å². The third-order valence-electron chi connectivity index (χ3n) is 3.25. The van der Waals surface area contributed by atoms with Crippen molar-refractivity contribution in [2.24, 2.45) is 7.05 Å². The minimum atomic E-state index is -0.0995. The first kappa shape index (κ1) is 14.2. The molecule has 0 aliphatic heterocycles. The van der Waals surface area contributed by atoms with Crippen LogP contribution in [0.2, 0.25) is 0 Å². The fourth-order valence-corrected chi connectivity index (χ4v) is 2.15. The second-order valence-electron chi connectivity index (χ2n) is 5.11. The zero-order valence-electron chi connectivity index (χ0n) is 12.1. The first-order valence-corrected chi connectivity index (χ1v) is 6.71. The van der Waals surface area contributed by atoms with Crippen LogP contribution in [0.25, 0.3) is 0 Å². The molecule has 0 saturated heterocycles. The van der Waals surface area contributed by atoms with E-state index in [-0.39, 0.29) is 11.9 Å². The summed E-state index contributed by atoms with van der Waals surface area (Å²) in [6.07, 6.45) is 4.29. The van der Waals surface area contributed by atoms with Gasteiger partial charge in [-0.3, -0.25) is 9.48 Å². The molecule has 0 saturated carbocycles. The van der Waals surface area contributed by atoms with Gasteiger partial charge in [0.1, 0.15) is 5.69 Å². The number of hydrogen-bond donors (Lipinski definition) is 2. The lowest BCUT2D eigenvalue weighted by Crippen LogP contribution is -2.28. The molecule has 0 unspecified atom stereocenters. The fourth-order valence-electron chi connectivity index (χ4n) is 2.15. The van der Waals surface area contributed by atoms with E-state index >= 15 is 0 Å². The van der Waals surface area contributed by atoms with Crippen LogP contribution < -0.4 is 11.1 Å². The number of nitrogens with two attached hydrogens (primary N) is 1. The molecule has 6 heteroatoms. The van der Waals surface area contributed by atoms with Crippen molar-refractivity contribution in [3.05, 3.63) is 35.9 Å². The largest absolute Gasteiger partial charge is 0.397 e. The summed E-state index contributed by atoms with van der Waals surface area (Å²) >= 11 is 0. The number of nitrogens with one attached hydrogen (secondary N) is 1. The highest BCUT2D eigenvalue weighted by Gasteiger charge is 2.14. The molecule has 0 fully saturated rings. The Hall–Kier alpha value is -2.24. The quantitative estimate of drug-likeness (QED) is 0.864. The normalized spacial score (nSPS) is 11.0. The van der Waals surface area contributed by atoms with Gasteiger partial charge >= 0.3 is 0 Å². The Morgan fingerprint density at radius 3 is 2.85 bits per heavy atom. The van der Waals surface area contributed by atoms with Crippen LogP contribution in [0.1, 0.15) is 36.1 Å². The summed E-state index contributed by atoms with van der Waals surface area (Å²) < 4.78 is 3.69. The van der Waals surface area contributed by atoms with Gasteiger partial charge in [0, 0.05) is 44.1 Å². The van der Waals surface area contributed by atoms with E-state index in [0.29, 0.717) is 17.9 Å². The van der Waals surface area contributed by atoms with Crippen LogP contribution in [0.5, 0.6) is 0 Å². The molecule has 20 heavy (non-hydrogen) atoms. The average Bonchev–Trinajstić information content (AvgIpc) is 2.96. The Labute approximate surface area is 118 Å². The summed E-state index contributed by atoms with van der Waals surface area (Å²) in [5.74, 6) is -0.0995. The highest BCUT2D eigenvalue weighted by molar-refractivity contribution is 5.93. The first-order chi connectivity index (χ1) is 9.49. The van der Waals surface area contributed by atoms with Crippen LogP contribution in [0, 0.1) is 0 Å². The molecule has 1 amide bonds. The Balaban J connectivity index is 1.97. The summed E-state index contributed by atoms with van der Waals surface area (Å²) in [7, 11) is 1.89. The lowest BCUT2D eigenvalue weighted by atomic mass is 10.3. The van der Waals surface area contributed by atoms with Gasteiger partial charge in [-0.15, -0.1) is 0 Å². The third kappa shape index (κ3) is 3.01. The predicted octanol–water partition coefficient (Wildman–Crippen LogP) is 1.36. The van der Waals surface area contributed by atoms with E-state index in [9.17, 15) is 4.79 Å². The van der Waals surface area contributed by atoms with Gasteiger partial charge in [0.25, 0.3) is 5.91 Å². The molecule has 6 nitrogen and oxygen atoms in total. The Bertz CT molecular complexity index is 596. The molecule has 0 bridgehead atoms. The van der Waals surface area contributed by atoms with Crippen molar-refractivity contribution < 1.29 is 4.79 Å². The summed E-state index contributed by atoms with van der Waals surface area (Å²) in [5, 5.41) is 7.01. The molecule has 2 rings (SSSR count). The number of carbonyl (C=O) groups is 1. The van der Waals surface area contributed by atoms with Gasteiger partial charge in [0.15, 0.2) is 0 Å². The van der Waals surface area contributed by atoms with Crippen molar-refractivity contribution >= 4 is 11.6 Å². The molecule has 108 valence electrons. The Morgan fingerprint density at radius 2 is 2.25 bits per heavy atom. The minimum Gasteiger partial charge on any atom is -0.397 e. The molecular weight excluding hydrogens is 254 g/mol. The topological polar surface area (TPSA) is 77.9 Å². The van der Waals surface area contributed by atoms with Crippen molar-refractivity contribution in [3.8, 4) is 0 Å². The molecule has 2 aromatic heterocycles. The maximum absolute atomic E-state index is 12.2. The van der Waals surface area contributed by atoms with Gasteiger partial charge in [-0.1, -0.05) is 0 Å². The lowest BCUT2D eigenvalue weighted by Gasteiger charge is -2.12. The Kier molecular flexibility index (Phi) is 4.12. The van der Waals surface area contributed by atoms with E-state index in [2.05, 4.69) is 10.4 Å². The predicted molar refractivity (Wildman–Crippen MR) is 78.5 cm³/mol. The highest BCUT2D eigenvalue weighted by atomic mass is 16.1. The van der Waals surface area contributed by atoms with Crippen LogP contribution in [0.4, 0.5) is 5.69 Å². The molecule has 0 aromatic carbocycles. The van der Waals surface area contributed by atoms with Crippen LogP contribution in [-0.4, -0.2) is 26.8 Å². The highest BCUT2D eigenvalue weighted by Crippen LogP contribution is 2.16. The summed E-state index contributed by atoms with van der Waals surface area (Å²) in [6, 6.07) is 3.85. The van der Waals surface area contributed by atoms with Crippen molar-refractivity contribution in [3.63, 3.8) is 0 Å². The van der Waals surface area contributed by atoms with E-state index < -0.39 is 0 Å². The number of hydrogen-bond acceptors (Lipinski definition) is 3. The standard InChI is InChI=1S/C14H21N5O/c1-10(2)19-9-11(15)8-13(19)14(20)16-6-4-12-5-7-17-18(12)3/h5,7-10H,4,6,15H2,1-3H3,(H,16,20). The molecular formula is C14H21N5O. The minimum absolute atomic E-state index is 0.0995. The number of aryl methyl sites for hydroxylation is 1. The lowest BCUT2D eigenvalue weighted by molar-refractivity contribution is 0.0943. The second-order valence-corrected chi connectivity index (χ2v) is 5.11. The summed E-state index contributed by atoms with van der Waals surface area (Å²) in [4.78, 5) is 12.2. The summed E-state index contributed by atoms with van der Waals surface area (Å²) in [6.45, 7) is 4.61. The Morgan fingerprint density at radius 1 is 1.50 bits per heavy atom. The van der Waals surface area contributed by atoms with E-state index in [4.69, 9.17) is 5.73 Å². The van der Waals surface area contributed by atoms with Gasteiger partial charge in [0.2, 0.25) is 0 Å². The molecule has 0 aliphatic carbocycles. The molecule has 2 aromatic rings. The van der Waals surface area contributed by atoms with Crippen molar-refractivity contribution in [1.29, 1.82) is 0 Å². The van der Waals surface area contributed by atoms with Crippen LogP contribution in [-0.2, 0) is 13.5 Å². The van der Waals surface area contributed by atoms with Gasteiger partial charge < -0.3 is 15.6 Å². The van der Waals surface area contributed by atoms with Crippen molar-refractivity contribution in [1.82, 2.24) is 19.7 Å². The number of rotatable bonds is 5. The molecule has 0 aliphatic rings. The summed E-state index contributed by atoms with van der Waals surface area (Å²) in [5.41, 5.74) is 8.06. The molecule has 0 radical (unpaired) electrons. The van der Waals surface area contributed by atoms with E-state index in [1.54, 1.807) is 23.1 Å². The first-order valence-electron chi connectivity index (χ1n) is 6.71. The maximum atomic E-state index is 12.2. The molecule has 0 spiro atoms. The van der Waals surface area contributed by atoms with Crippen molar-refractivity contribution in [2.45, 2.75) is 26.3 Å². The zero-order chi connectivity index (χ0) is 14.7.